The molecule has 3 nitrogen and oxygen atoms in total. The van der Waals surface area contributed by atoms with Gasteiger partial charge >= 0.3 is 0 Å². The number of aliphatic hydroxyl groups excluding tert-OH is 1. The van der Waals surface area contributed by atoms with Crippen molar-refractivity contribution in [1.29, 1.82) is 0 Å². The van der Waals surface area contributed by atoms with Gasteiger partial charge in [0, 0.05) is 25.7 Å². The number of rotatable bonds is 5. The summed E-state index contributed by atoms with van der Waals surface area (Å²) >= 11 is 0. The summed E-state index contributed by atoms with van der Waals surface area (Å²) in [5.41, 5.74) is 5.48. The predicted molar refractivity (Wildman–Crippen MR) is 45.3 cm³/mol. The smallest absolute Gasteiger partial charge is 0.0609 e. The molecular weight excluding hydrogens is 142 g/mol. The lowest BCUT2D eigenvalue weighted by molar-refractivity contribution is 0.00168. The van der Waals surface area contributed by atoms with Gasteiger partial charge in [0.15, 0.2) is 0 Å². The number of ether oxygens (including phenoxy) is 1. The number of nitrogens with two attached hydrogens (primary N) is 1. The van der Waals surface area contributed by atoms with Crippen LogP contribution < -0.4 is 5.73 Å². The molecular formula is C8H19NO2. The van der Waals surface area contributed by atoms with E-state index in [0.717, 1.165) is 0 Å². The van der Waals surface area contributed by atoms with Crippen LogP contribution in [-0.4, -0.2) is 31.5 Å². The highest BCUT2D eigenvalue weighted by atomic mass is 16.5. The van der Waals surface area contributed by atoms with Crippen LogP contribution in [0.5, 0.6) is 0 Å². The Kier molecular flexibility index (Phi) is 4.65. The molecule has 0 heterocycles. The van der Waals surface area contributed by atoms with E-state index in [0.29, 0.717) is 13.0 Å². The van der Waals surface area contributed by atoms with Gasteiger partial charge in [-0.05, 0) is 13.3 Å². The predicted octanol–water partition coefficient (Wildman–Crippen LogP) is 0.369. The second-order valence-corrected chi connectivity index (χ2v) is 3.21. The fourth-order valence-corrected chi connectivity index (χ4v) is 1.01. The first-order valence-corrected chi connectivity index (χ1v) is 3.94. The molecule has 0 saturated heterocycles. The maximum atomic E-state index is 8.77. The highest BCUT2D eigenvalue weighted by molar-refractivity contribution is 4.81. The van der Waals surface area contributed by atoms with Gasteiger partial charge in [0.05, 0.1) is 6.10 Å². The minimum atomic E-state index is -0.0938. The summed E-state index contributed by atoms with van der Waals surface area (Å²) in [4.78, 5) is 0. The van der Waals surface area contributed by atoms with E-state index in [2.05, 4.69) is 0 Å². The van der Waals surface area contributed by atoms with Crippen molar-refractivity contribution in [3.05, 3.63) is 0 Å². The molecule has 0 aromatic rings. The van der Waals surface area contributed by atoms with Crippen molar-refractivity contribution in [2.75, 3.05) is 20.3 Å². The van der Waals surface area contributed by atoms with E-state index in [1.165, 1.54) is 0 Å². The summed E-state index contributed by atoms with van der Waals surface area (Å²) in [5, 5.41) is 8.77. The number of aliphatic hydroxyl groups is 1. The molecule has 2 atom stereocenters. The van der Waals surface area contributed by atoms with E-state index in [4.69, 9.17) is 15.6 Å². The third-order valence-electron chi connectivity index (χ3n) is 2.48. The lowest BCUT2D eigenvalue weighted by Gasteiger charge is -2.32. The molecule has 0 aromatic carbocycles. The standard InChI is InChI=1S/C8H19NO2/c1-7(11-3)8(2,6-9)4-5-10/h7,10H,4-6,9H2,1-3H3. The normalized spacial score (nSPS) is 19.4. The van der Waals surface area contributed by atoms with Crippen molar-refractivity contribution in [2.24, 2.45) is 11.1 Å². The molecule has 0 spiro atoms. The Labute approximate surface area is 68.5 Å². The third kappa shape index (κ3) is 2.77. The van der Waals surface area contributed by atoms with Crippen LogP contribution in [0.3, 0.4) is 0 Å². The van der Waals surface area contributed by atoms with Crippen LogP contribution in [-0.2, 0) is 4.74 Å². The van der Waals surface area contributed by atoms with Crippen molar-refractivity contribution >= 4 is 0 Å². The fourth-order valence-electron chi connectivity index (χ4n) is 1.01. The molecule has 0 radical (unpaired) electrons. The van der Waals surface area contributed by atoms with Gasteiger partial charge in [-0.25, -0.2) is 0 Å². The summed E-state index contributed by atoms with van der Waals surface area (Å²) in [6.07, 6.45) is 0.790. The molecule has 0 aliphatic carbocycles. The van der Waals surface area contributed by atoms with Crippen LogP contribution in [0.25, 0.3) is 0 Å². The average Bonchev–Trinajstić information content (AvgIpc) is 2.03. The van der Waals surface area contributed by atoms with E-state index < -0.39 is 0 Å². The molecule has 3 heteroatoms. The van der Waals surface area contributed by atoms with Gasteiger partial charge in [0.2, 0.25) is 0 Å². The van der Waals surface area contributed by atoms with Gasteiger partial charge in [0.25, 0.3) is 0 Å². The van der Waals surface area contributed by atoms with Crippen molar-refractivity contribution < 1.29 is 9.84 Å². The fraction of sp³-hybridized carbons (Fsp3) is 1.00. The first-order valence-electron chi connectivity index (χ1n) is 3.94. The minimum absolute atomic E-state index is 0.0938. The molecule has 11 heavy (non-hydrogen) atoms. The Morgan fingerprint density at radius 2 is 2.18 bits per heavy atom. The lowest BCUT2D eigenvalue weighted by Crippen LogP contribution is -2.39. The molecule has 0 aliphatic rings. The van der Waals surface area contributed by atoms with E-state index in [9.17, 15) is 0 Å². The Morgan fingerprint density at radius 1 is 1.64 bits per heavy atom. The molecule has 2 unspecified atom stereocenters. The Hall–Kier alpha value is -0.120. The first kappa shape index (κ1) is 10.9. The molecule has 0 bridgehead atoms. The minimum Gasteiger partial charge on any atom is -0.396 e. The van der Waals surface area contributed by atoms with Crippen LogP contribution in [0, 0.1) is 5.41 Å². The largest absolute Gasteiger partial charge is 0.396 e. The van der Waals surface area contributed by atoms with Crippen LogP contribution in [0.15, 0.2) is 0 Å². The van der Waals surface area contributed by atoms with E-state index in [-0.39, 0.29) is 18.1 Å². The summed E-state index contributed by atoms with van der Waals surface area (Å²) < 4.78 is 5.17. The number of hydrogen-bond donors (Lipinski definition) is 2. The average molecular weight is 161 g/mol. The van der Waals surface area contributed by atoms with Gasteiger partial charge in [-0.1, -0.05) is 6.92 Å². The summed E-state index contributed by atoms with van der Waals surface area (Å²) in [5.74, 6) is 0. The number of hydrogen-bond acceptors (Lipinski definition) is 3. The molecule has 0 rings (SSSR count). The monoisotopic (exact) mass is 161 g/mol. The quantitative estimate of drug-likeness (QED) is 0.612. The van der Waals surface area contributed by atoms with Crippen molar-refractivity contribution in [3.63, 3.8) is 0 Å². The Morgan fingerprint density at radius 3 is 2.45 bits per heavy atom. The third-order valence-corrected chi connectivity index (χ3v) is 2.48. The van der Waals surface area contributed by atoms with E-state index in [1.807, 2.05) is 13.8 Å². The van der Waals surface area contributed by atoms with E-state index in [1.54, 1.807) is 7.11 Å². The summed E-state index contributed by atoms with van der Waals surface area (Å²) in [7, 11) is 1.66. The molecule has 0 aromatic heterocycles. The van der Waals surface area contributed by atoms with Crippen LogP contribution in [0.1, 0.15) is 20.3 Å². The topological polar surface area (TPSA) is 55.5 Å². The Bertz CT molecular complexity index is 108. The molecule has 0 amide bonds. The zero-order chi connectivity index (χ0) is 8.91. The van der Waals surface area contributed by atoms with Gasteiger partial charge in [-0.2, -0.15) is 0 Å². The van der Waals surface area contributed by atoms with Gasteiger partial charge in [-0.15, -0.1) is 0 Å². The van der Waals surface area contributed by atoms with Gasteiger partial charge in [0.1, 0.15) is 0 Å². The maximum Gasteiger partial charge on any atom is 0.0609 e. The highest BCUT2D eigenvalue weighted by Gasteiger charge is 2.28. The molecule has 0 saturated carbocycles. The van der Waals surface area contributed by atoms with Crippen LogP contribution in [0.4, 0.5) is 0 Å². The number of methoxy groups -OCH3 is 1. The van der Waals surface area contributed by atoms with Crippen molar-refractivity contribution in [1.82, 2.24) is 0 Å². The lowest BCUT2D eigenvalue weighted by atomic mass is 9.82. The van der Waals surface area contributed by atoms with Crippen LogP contribution >= 0.6 is 0 Å². The second kappa shape index (κ2) is 4.70. The molecule has 3 N–H and O–H groups in total. The Balaban J connectivity index is 4.07. The van der Waals surface area contributed by atoms with Crippen molar-refractivity contribution in [3.8, 4) is 0 Å². The summed E-state index contributed by atoms with van der Waals surface area (Å²) in [6, 6.07) is 0. The zero-order valence-corrected chi connectivity index (χ0v) is 7.63. The zero-order valence-electron chi connectivity index (χ0n) is 7.63. The molecule has 68 valence electrons. The summed E-state index contributed by atoms with van der Waals surface area (Å²) in [6.45, 7) is 4.71. The molecule has 0 fully saturated rings. The SMILES string of the molecule is COC(C)C(C)(CN)CCO. The highest BCUT2D eigenvalue weighted by Crippen LogP contribution is 2.25. The maximum absolute atomic E-state index is 8.77. The first-order chi connectivity index (χ1) is 5.10. The van der Waals surface area contributed by atoms with Crippen LogP contribution in [0.2, 0.25) is 0 Å². The molecule has 0 aliphatic heterocycles. The van der Waals surface area contributed by atoms with Gasteiger partial charge in [-0.3, -0.25) is 0 Å². The second-order valence-electron chi connectivity index (χ2n) is 3.21. The van der Waals surface area contributed by atoms with Crippen molar-refractivity contribution in [2.45, 2.75) is 26.4 Å². The van der Waals surface area contributed by atoms with E-state index >= 15 is 0 Å². The van der Waals surface area contributed by atoms with Gasteiger partial charge < -0.3 is 15.6 Å².